The number of benzene rings is 1. The van der Waals surface area contributed by atoms with Gasteiger partial charge in [-0.05, 0) is 49.6 Å². The summed E-state index contributed by atoms with van der Waals surface area (Å²) in [7, 11) is 1.80. The van der Waals surface area contributed by atoms with Crippen LogP contribution in [-0.4, -0.2) is 26.0 Å². The minimum Gasteiger partial charge on any atom is -0.315 e. The summed E-state index contributed by atoms with van der Waals surface area (Å²) in [5.74, 6) is 0.358. The molecule has 2 fully saturated rings. The molecule has 0 radical (unpaired) electrons. The molecule has 1 amide bonds. The molecule has 116 valence electrons. The number of carbonyl (C=O) groups excluding carboxylic acids is 1. The van der Waals surface area contributed by atoms with Crippen molar-refractivity contribution in [2.75, 3.05) is 25.0 Å². The number of hydrogen-bond donors (Lipinski definition) is 1. The van der Waals surface area contributed by atoms with Crippen molar-refractivity contribution in [3.63, 3.8) is 0 Å². The Hall–Kier alpha value is -1.13. The van der Waals surface area contributed by atoms with Crippen molar-refractivity contribution in [2.45, 2.75) is 25.7 Å². The van der Waals surface area contributed by atoms with E-state index in [1.807, 2.05) is 0 Å². The van der Waals surface area contributed by atoms with Crippen LogP contribution in [0.4, 0.5) is 10.1 Å². The molecular weight excluding hydrogens is 291 g/mol. The van der Waals surface area contributed by atoms with E-state index in [0.29, 0.717) is 5.92 Å². The lowest BCUT2D eigenvalue weighted by molar-refractivity contribution is -0.130. The predicted molar refractivity (Wildman–Crippen MR) is 84.3 cm³/mol. The van der Waals surface area contributed by atoms with Crippen LogP contribution in [0, 0.1) is 17.2 Å². The van der Waals surface area contributed by atoms with Gasteiger partial charge in [-0.25, -0.2) is 4.39 Å². The van der Waals surface area contributed by atoms with Crippen molar-refractivity contribution in [1.29, 1.82) is 0 Å². The van der Waals surface area contributed by atoms with Crippen LogP contribution < -0.4 is 10.2 Å². The number of hydrogen-bond acceptors (Lipinski definition) is 2. The summed E-state index contributed by atoms with van der Waals surface area (Å²) < 4.78 is 13.0. The topological polar surface area (TPSA) is 32.3 Å². The fourth-order valence-corrected chi connectivity index (χ4v) is 3.78. The van der Waals surface area contributed by atoms with Gasteiger partial charge in [-0.3, -0.25) is 4.79 Å². The van der Waals surface area contributed by atoms with Gasteiger partial charge in [0.25, 0.3) is 0 Å². The zero-order valence-corrected chi connectivity index (χ0v) is 13.1. The van der Waals surface area contributed by atoms with Crippen LogP contribution in [-0.2, 0) is 4.79 Å². The van der Waals surface area contributed by atoms with E-state index in [4.69, 9.17) is 0 Å². The first kappa shape index (κ1) is 16.2. The minimum absolute atomic E-state index is 0. The second-order valence-corrected chi connectivity index (χ2v) is 6.07. The SMILES string of the molecule is CN(C(=O)[C@@]12CCCC[C@H]1CNC2)c1ccc(F)cc1.Cl. The van der Waals surface area contributed by atoms with Crippen LogP contribution in [0.5, 0.6) is 0 Å². The number of fused-ring (bicyclic) bond motifs is 1. The van der Waals surface area contributed by atoms with E-state index < -0.39 is 0 Å². The summed E-state index contributed by atoms with van der Waals surface area (Å²) >= 11 is 0. The highest BCUT2D eigenvalue weighted by Gasteiger charge is 2.51. The van der Waals surface area contributed by atoms with Gasteiger partial charge in [-0.1, -0.05) is 12.8 Å². The van der Waals surface area contributed by atoms with Crippen LogP contribution in [0.15, 0.2) is 24.3 Å². The molecule has 2 aliphatic rings. The molecule has 3 rings (SSSR count). The number of carbonyl (C=O) groups is 1. The van der Waals surface area contributed by atoms with Crippen LogP contribution in [0.2, 0.25) is 0 Å². The van der Waals surface area contributed by atoms with Crippen LogP contribution in [0.3, 0.4) is 0 Å². The third-order valence-corrected chi connectivity index (χ3v) is 4.98. The van der Waals surface area contributed by atoms with Crippen molar-refractivity contribution in [3.8, 4) is 0 Å². The first-order valence-electron chi connectivity index (χ1n) is 7.38. The average molecular weight is 313 g/mol. The van der Waals surface area contributed by atoms with Crippen molar-refractivity contribution in [2.24, 2.45) is 11.3 Å². The molecule has 1 aliphatic heterocycles. The van der Waals surface area contributed by atoms with E-state index in [1.165, 1.54) is 18.6 Å². The predicted octanol–water partition coefficient (Wildman–Crippen LogP) is 2.99. The lowest BCUT2D eigenvalue weighted by Gasteiger charge is -2.39. The maximum atomic E-state index is 13.0. The third-order valence-electron chi connectivity index (χ3n) is 4.98. The average Bonchev–Trinajstić information content (AvgIpc) is 2.91. The monoisotopic (exact) mass is 312 g/mol. The number of halogens is 2. The number of amides is 1. The smallest absolute Gasteiger partial charge is 0.234 e. The maximum Gasteiger partial charge on any atom is 0.234 e. The van der Waals surface area contributed by atoms with E-state index in [-0.39, 0.29) is 29.5 Å². The molecule has 1 aromatic carbocycles. The number of nitrogens with zero attached hydrogens (tertiary/aromatic N) is 1. The molecule has 2 atom stereocenters. The molecule has 1 saturated carbocycles. The molecule has 1 heterocycles. The highest BCUT2D eigenvalue weighted by atomic mass is 35.5. The number of anilines is 1. The Balaban J connectivity index is 0.00000161. The largest absolute Gasteiger partial charge is 0.315 e. The van der Waals surface area contributed by atoms with Crippen LogP contribution >= 0.6 is 12.4 Å². The highest BCUT2D eigenvalue weighted by Crippen LogP contribution is 2.45. The van der Waals surface area contributed by atoms with Gasteiger partial charge in [0.2, 0.25) is 5.91 Å². The normalized spacial score (nSPS) is 27.6. The van der Waals surface area contributed by atoms with Crippen LogP contribution in [0.1, 0.15) is 25.7 Å². The molecule has 3 nitrogen and oxygen atoms in total. The summed E-state index contributed by atoms with van der Waals surface area (Å²) in [6.07, 6.45) is 4.45. The Bertz CT molecular complexity index is 508. The Labute approximate surface area is 131 Å². The lowest BCUT2D eigenvalue weighted by atomic mass is 9.67. The third kappa shape index (κ3) is 2.79. The summed E-state index contributed by atoms with van der Waals surface area (Å²) in [5.41, 5.74) is 0.517. The molecule has 1 N–H and O–H groups in total. The minimum atomic E-state index is -0.272. The van der Waals surface area contributed by atoms with Gasteiger partial charge >= 0.3 is 0 Å². The summed E-state index contributed by atoms with van der Waals surface area (Å²) in [4.78, 5) is 14.7. The molecule has 0 spiro atoms. The molecule has 0 unspecified atom stereocenters. The second kappa shape index (κ2) is 6.32. The Kier molecular flexibility index (Phi) is 4.89. The fraction of sp³-hybridized carbons (Fsp3) is 0.562. The van der Waals surface area contributed by atoms with Gasteiger partial charge in [0.05, 0.1) is 5.41 Å². The first-order valence-corrected chi connectivity index (χ1v) is 7.38. The van der Waals surface area contributed by atoms with E-state index in [0.717, 1.165) is 38.0 Å². The molecule has 1 aliphatic carbocycles. The lowest BCUT2D eigenvalue weighted by Crippen LogP contribution is -2.48. The Morgan fingerprint density at radius 1 is 1.33 bits per heavy atom. The summed E-state index contributed by atoms with van der Waals surface area (Å²) in [5, 5.41) is 3.39. The van der Waals surface area contributed by atoms with Gasteiger partial charge in [0.15, 0.2) is 0 Å². The first-order chi connectivity index (χ1) is 9.63. The van der Waals surface area contributed by atoms with Crippen molar-refractivity contribution in [3.05, 3.63) is 30.1 Å². The second-order valence-electron chi connectivity index (χ2n) is 6.07. The van der Waals surface area contributed by atoms with Gasteiger partial charge in [0.1, 0.15) is 5.82 Å². The van der Waals surface area contributed by atoms with E-state index in [9.17, 15) is 9.18 Å². The standard InChI is InChI=1S/C16H21FN2O.ClH/c1-19(14-7-5-13(17)6-8-14)15(20)16-9-3-2-4-12(16)10-18-11-16;/h5-8,12,18H,2-4,9-11H2,1H3;1H/t12-,16+;/m0./s1. The zero-order chi connectivity index (χ0) is 14.2. The highest BCUT2D eigenvalue weighted by molar-refractivity contribution is 5.97. The van der Waals surface area contributed by atoms with Crippen molar-refractivity contribution < 1.29 is 9.18 Å². The van der Waals surface area contributed by atoms with Gasteiger partial charge in [0, 0.05) is 19.3 Å². The van der Waals surface area contributed by atoms with Crippen molar-refractivity contribution in [1.82, 2.24) is 5.32 Å². The van der Waals surface area contributed by atoms with E-state index in [1.54, 1.807) is 24.1 Å². The molecule has 0 aromatic heterocycles. The van der Waals surface area contributed by atoms with Crippen molar-refractivity contribution >= 4 is 24.0 Å². The van der Waals surface area contributed by atoms with E-state index >= 15 is 0 Å². The van der Waals surface area contributed by atoms with E-state index in [2.05, 4.69) is 5.32 Å². The van der Waals surface area contributed by atoms with Crippen LogP contribution in [0.25, 0.3) is 0 Å². The summed E-state index contributed by atoms with van der Waals surface area (Å²) in [6.45, 7) is 1.73. The Morgan fingerprint density at radius 3 is 2.76 bits per heavy atom. The van der Waals surface area contributed by atoms with Gasteiger partial charge in [-0.2, -0.15) is 0 Å². The molecule has 21 heavy (non-hydrogen) atoms. The Morgan fingerprint density at radius 2 is 2.05 bits per heavy atom. The molecule has 1 aromatic rings. The summed E-state index contributed by atoms with van der Waals surface area (Å²) in [6, 6.07) is 6.15. The molecular formula is C16H22ClFN2O. The maximum absolute atomic E-state index is 13.0. The molecule has 1 saturated heterocycles. The van der Waals surface area contributed by atoms with Gasteiger partial charge < -0.3 is 10.2 Å². The quantitative estimate of drug-likeness (QED) is 0.910. The fourth-order valence-electron chi connectivity index (χ4n) is 3.78. The number of nitrogens with one attached hydrogen (secondary N) is 1. The molecule has 5 heteroatoms. The number of rotatable bonds is 2. The van der Waals surface area contributed by atoms with Gasteiger partial charge in [-0.15, -0.1) is 12.4 Å². The zero-order valence-electron chi connectivity index (χ0n) is 12.3. The molecule has 0 bridgehead atoms.